The molecule has 2 aliphatic heterocycles. The van der Waals surface area contributed by atoms with Crippen LogP contribution in [0.15, 0.2) is 11.6 Å². The topological polar surface area (TPSA) is 236 Å². The van der Waals surface area contributed by atoms with Gasteiger partial charge in [0.05, 0.1) is 37.4 Å². The van der Waals surface area contributed by atoms with Gasteiger partial charge < -0.3 is 64.9 Å². The fourth-order valence-electron chi connectivity index (χ4n) is 13.2. The summed E-state index contributed by atoms with van der Waals surface area (Å²) in [5.41, 5.74) is -1.19. The second kappa shape index (κ2) is 14.5. The molecule has 21 atom stereocenters. The Hall–Kier alpha value is -1.27. The fraction of sp³-hybridized carbons (Fsp3) is 0.925. The minimum absolute atomic E-state index is 0.0516. The Kier molecular flexibility index (Phi) is 11.0. The van der Waals surface area contributed by atoms with Gasteiger partial charge in [-0.25, -0.2) is 0 Å². The molecular formula is C40H64O14. The van der Waals surface area contributed by atoms with Gasteiger partial charge in [-0.3, -0.25) is 4.79 Å². The number of fused-ring (bicyclic) bond motifs is 7. The summed E-state index contributed by atoms with van der Waals surface area (Å²) in [6.45, 7) is 9.79. The maximum Gasteiger partial charge on any atom is 0.315 e. The fourth-order valence-corrected chi connectivity index (χ4v) is 13.2. The van der Waals surface area contributed by atoms with Gasteiger partial charge in [0.25, 0.3) is 0 Å². The third-order valence-electron chi connectivity index (χ3n) is 16.5. The summed E-state index contributed by atoms with van der Waals surface area (Å²) < 4.78 is 23.4. The zero-order chi connectivity index (χ0) is 39.3. The molecule has 0 amide bonds. The molecule has 308 valence electrons. The van der Waals surface area contributed by atoms with Crippen molar-refractivity contribution in [1.82, 2.24) is 0 Å². The SMILES string of the molecule is C[C@@H]1CC[C@]2(C(=O)O[C@@H]3O[C@H](CO)[C@@H](O)[C@H](O)[C@H]3O)CC[C@]3(C)C(=CCC4C3CCC3[C@]4(C)CC(O)C(O[C@@H]4OC[C@H](O)[C@@H](O)[C@H]4O)[C@@]3(C)CO)C2[C@H]1C. The lowest BCUT2D eigenvalue weighted by molar-refractivity contribution is -0.325. The molecule has 14 nitrogen and oxygen atoms in total. The van der Waals surface area contributed by atoms with Crippen LogP contribution in [-0.2, 0) is 23.7 Å². The second-order valence-corrected chi connectivity index (χ2v) is 19.0. The van der Waals surface area contributed by atoms with Crippen LogP contribution in [-0.4, -0.2) is 139 Å². The Morgan fingerprint density at radius 2 is 1.54 bits per heavy atom. The van der Waals surface area contributed by atoms with Crippen molar-refractivity contribution in [3.05, 3.63) is 11.6 Å². The van der Waals surface area contributed by atoms with Crippen LogP contribution in [0, 0.1) is 57.2 Å². The molecule has 0 spiro atoms. The molecule has 2 saturated heterocycles. The van der Waals surface area contributed by atoms with Crippen LogP contribution < -0.4 is 0 Å². The Bertz CT molecular complexity index is 1430. The molecule has 6 unspecified atom stereocenters. The summed E-state index contributed by atoms with van der Waals surface area (Å²) in [5, 5.41) is 95.1. The monoisotopic (exact) mass is 768 g/mol. The standard InChI is InChI=1S/C40H64O14/c1-18-10-11-40(36(50)54-35-32(49)30(47)29(46)25(15-41)52-35)13-12-37(3)20-8-9-26-38(4,21(20)6-7-22(37)27(40)19(18)2)14-23(43)33(39(26,5)17-42)53-34-31(48)28(45)24(44)16-51-34/h7,18-21,23-35,41-49H,6,8-17H2,1-5H3/t18-,19+,20?,21?,23?,24+,25-,26?,27?,28-,29-,30+,31-,32-,33?,34+,35+,37+,38-,39+,40+/m1/s1. The zero-order valence-electron chi connectivity index (χ0n) is 32.2. The summed E-state index contributed by atoms with van der Waals surface area (Å²) in [6.07, 6.45) is -7.25. The molecule has 4 saturated carbocycles. The number of hydrogen-bond acceptors (Lipinski definition) is 14. The molecule has 7 rings (SSSR count). The Balaban J connectivity index is 1.17. The van der Waals surface area contributed by atoms with Crippen molar-refractivity contribution >= 4 is 5.97 Å². The van der Waals surface area contributed by atoms with Crippen LogP contribution in [0.25, 0.3) is 0 Å². The minimum Gasteiger partial charge on any atom is -0.432 e. The summed E-state index contributed by atoms with van der Waals surface area (Å²) in [7, 11) is 0. The highest BCUT2D eigenvalue weighted by atomic mass is 16.7. The van der Waals surface area contributed by atoms with Crippen molar-refractivity contribution in [2.75, 3.05) is 19.8 Å². The normalized spacial score (nSPS) is 56.0. The third-order valence-corrected chi connectivity index (χ3v) is 16.5. The number of aliphatic hydroxyl groups excluding tert-OH is 9. The Morgan fingerprint density at radius 1 is 0.833 bits per heavy atom. The largest absolute Gasteiger partial charge is 0.432 e. The smallest absolute Gasteiger partial charge is 0.315 e. The van der Waals surface area contributed by atoms with Gasteiger partial charge in [-0.1, -0.05) is 46.3 Å². The predicted octanol–water partition coefficient (Wildman–Crippen LogP) is 0.364. The Labute approximate surface area is 317 Å². The van der Waals surface area contributed by atoms with Gasteiger partial charge in [-0.05, 0) is 97.7 Å². The minimum atomic E-state index is -1.68. The summed E-state index contributed by atoms with van der Waals surface area (Å²) in [5.74, 6) is 0.177. The molecule has 0 radical (unpaired) electrons. The number of rotatable bonds is 6. The van der Waals surface area contributed by atoms with Gasteiger partial charge in [0.15, 0.2) is 6.29 Å². The lowest BCUT2D eigenvalue weighted by Crippen LogP contribution is -2.67. The first-order chi connectivity index (χ1) is 25.4. The van der Waals surface area contributed by atoms with Crippen LogP contribution in [0.2, 0.25) is 0 Å². The van der Waals surface area contributed by atoms with Crippen LogP contribution in [0.5, 0.6) is 0 Å². The van der Waals surface area contributed by atoms with E-state index in [1.807, 2.05) is 6.92 Å². The van der Waals surface area contributed by atoms with E-state index in [1.54, 1.807) is 0 Å². The van der Waals surface area contributed by atoms with Gasteiger partial charge >= 0.3 is 5.97 Å². The zero-order valence-corrected chi connectivity index (χ0v) is 32.2. The van der Waals surface area contributed by atoms with E-state index in [-0.39, 0.29) is 48.2 Å². The number of hydrogen-bond donors (Lipinski definition) is 9. The van der Waals surface area contributed by atoms with E-state index in [9.17, 15) is 50.8 Å². The quantitative estimate of drug-likeness (QED) is 0.101. The van der Waals surface area contributed by atoms with Crippen molar-refractivity contribution in [3.8, 4) is 0 Å². The van der Waals surface area contributed by atoms with Crippen molar-refractivity contribution in [2.24, 2.45) is 57.2 Å². The van der Waals surface area contributed by atoms with E-state index in [1.165, 1.54) is 5.57 Å². The molecule has 9 N–H and O–H groups in total. The summed E-state index contributed by atoms with van der Waals surface area (Å²) >= 11 is 0. The maximum absolute atomic E-state index is 14.5. The summed E-state index contributed by atoms with van der Waals surface area (Å²) in [4.78, 5) is 14.5. The van der Waals surface area contributed by atoms with Crippen molar-refractivity contribution in [2.45, 2.75) is 154 Å². The van der Waals surface area contributed by atoms with Crippen LogP contribution in [0.4, 0.5) is 0 Å². The third kappa shape index (κ3) is 5.99. The number of carbonyl (C=O) groups is 1. The molecule has 5 aliphatic carbocycles. The molecule has 2 heterocycles. The highest BCUT2D eigenvalue weighted by molar-refractivity contribution is 5.79. The average molecular weight is 769 g/mol. The number of aliphatic hydroxyl groups is 9. The Morgan fingerprint density at radius 3 is 2.22 bits per heavy atom. The van der Waals surface area contributed by atoms with Crippen LogP contribution >= 0.6 is 0 Å². The first kappa shape index (κ1) is 40.9. The lowest BCUT2D eigenvalue weighted by atomic mass is 9.37. The highest BCUT2D eigenvalue weighted by Gasteiger charge is 2.68. The van der Waals surface area contributed by atoms with Crippen LogP contribution in [0.3, 0.4) is 0 Å². The van der Waals surface area contributed by atoms with Gasteiger partial charge in [0.1, 0.15) is 42.7 Å². The lowest BCUT2D eigenvalue weighted by Gasteiger charge is -2.68. The number of ether oxygens (including phenoxy) is 4. The second-order valence-electron chi connectivity index (χ2n) is 19.0. The van der Waals surface area contributed by atoms with Crippen molar-refractivity contribution in [3.63, 3.8) is 0 Å². The molecule has 7 aliphatic rings. The molecule has 0 aromatic rings. The maximum atomic E-state index is 14.5. The van der Waals surface area contributed by atoms with Gasteiger partial charge in [0.2, 0.25) is 6.29 Å². The van der Waals surface area contributed by atoms with E-state index < -0.39 is 96.3 Å². The number of carbonyl (C=O) groups excluding carboxylic acids is 1. The van der Waals surface area contributed by atoms with Crippen LogP contribution in [0.1, 0.15) is 86.0 Å². The predicted molar refractivity (Wildman–Crippen MR) is 190 cm³/mol. The van der Waals surface area contributed by atoms with E-state index in [4.69, 9.17) is 18.9 Å². The first-order valence-corrected chi connectivity index (χ1v) is 20.2. The van der Waals surface area contributed by atoms with Gasteiger partial charge in [-0.15, -0.1) is 0 Å². The summed E-state index contributed by atoms with van der Waals surface area (Å²) in [6, 6.07) is 0. The van der Waals surface area contributed by atoms with Gasteiger partial charge in [-0.2, -0.15) is 0 Å². The van der Waals surface area contributed by atoms with E-state index in [2.05, 4.69) is 33.8 Å². The first-order valence-electron chi connectivity index (χ1n) is 20.2. The average Bonchev–Trinajstić information content (AvgIpc) is 3.14. The number of allylic oxidation sites excluding steroid dienone is 2. The van der Waals surface area contributed by atoms with Crippen molar-refractivity contribution in [1.29, 1.82) is 0 Å². The molecule has 6 fully saturated rings. The van der Waals surface area contributed by atoms with Gasteiger partial charge in [0, 0.05) is 5.41 Å². The molecule has 0 bridgehead atoms. The highest BCUT2D eigenvalue weighted by Crippen LogP contribution is 2.72. The van der Waals surface area contributed by atoms with Crippen molar-refractivity contribution < 1.29 is 69.7 Å². The number of esters is 1. The van der Waals surface area contributed by atoms with E-state index >= 15 is 0 Å². The molecule has 0 aromatic carbocycles. The molecule has 14 heteroatoms. The molecular weight excluding hydrogens is 704 g/mol. The molecule has 0 aromatic heterocycles. The van der Waals surface area contributed by atoms with E-state index in [0.29, 0.717) is 25.2 Å². The van der Waals surface area contributed by atoms with E-state index in [0.717, 1.165) is 32.1 Å². The molecule has 54 heavy (non-hydrogen) atoms.